The minimum Gasteiger partial charge on any atom is -0.467 e. The van der Waals surface area contributed by atoms with Crippen LogP contribution >= 0.6 is 0 Å². The molecule has 0 aliphatic heterocycles. The fourth-order valence-corrected chi connectivity index (χ4v) is 1.26. The molecule has 0 saturated heterocycles. The molecule has 0 saturated carbocycles. The Bertz CT molecular complexity index is 459. The van der Waals surface area contributed by atoms with Crippen molar-refractivity contribution in [3.63, 3.8) is 0 Å². The van der Waals surface area contributed by atoms with Gasteiger partial charge in [-0.25, -0.2) is 13.2 Å². The number of halogens is 3. The molecule has 2 nitrogen and oxygen atoms in total. The van der Waals surface area contributed by atoms with E-state index in [-0.39, 0.29) is 12.2 Å². The maximum atomic E-state index is 12.8. The largest absolute Gasteiger partial charge is 0.467 e. The smallest absolute Gasteiger partial charge is 0.194 e. The highest BCUT2D eigenvalue weighted by atomic mass is 19.2. The van der Waals surface area contributed by atoms with Crippen LogP contribution in [-0.4, -0.2) is 0 Å². The molecule has 84 valence electrons. The van der Waals surface area contributed by atoms with Crippen molar-refractivity contribution in [2.75, 3.05) is 5.32 Å². The number of benzene rings is 1. The van der Waals surface area contributed by atoms with Gasteiger partial charge in [-0.3, -0.25) is 0 Å². The van der Waals surface area contributed by atoms with E-state index < -0.39 is 17.5 Å². The Morgan fingerprint density at radius 3 is 2.38 bits per heavy atom. The summed E-state index contributed by atoms with van der Waals surface area (Å²) in [6.07, 6.45) is 1.49. The van der Waals surface area contributed by atoms with E-state index in [9.17, 15) is 13.2 Å². The lowest BCUT2D eigenvalue weighted by molar-refractivity contribution is 0.447. The summed E-state index contributed by atoms with van der Waals surface area (Å²) in [6, 6.07) is 5.19. The standard InChI is InChI=1S/C11H8F3NO/c12-9-4-7(5-10(13)11(9)14)15-6-8-2-1-3-16-8/h1-5,15H,6H2. The van der Waals surface area contributed by atoms with Crippen LogP contribution < -0.4 is 5.32 Å². The van der Waals surface area contributed by atoms with E-state index in [2.05, 4.69) is 5.32 Å². The molecule has 0 amide bonds. The molecule has 0 spiro atoms. The number of furan rings is 1. The molecule has 2 rings (SSSR count). The van der Waals surface area contributed by atoms with Crippen LogP contribution in [0.4, 0.5) is 18.9 Å². The third-order valence-electron chi connectivity index (χ3n) is 2.03. The average molecular weight is 227 g/mol. The van der Waals surface area contributed by atoms with E-state index >= 15 is 0 Å². The van der Waals surface area contributed by atoms with Gasteiger partial charge >= 0.3 is 0 Å². The summed E-state index contributed by atoms with van der Waals surface area (Å²) in [5.41, 5.74) is 0.160. The van der Waals surface area contributed by atoms with E-state index in [1.54, 1.807) is 12.1 Å². The second-order valence-electron chi connectivity index (χ2n) is 3.19. The van der Waals surface area contributed by atoms with Gasteiger partial charge in [0.05, 0.1) is 12.8 Å². The molecule has 16 heavy (non-hydrogen) atoms. The van der Waals surface area contributed by atoms with E-state index in [4.69, 9.17) is 4.42 Å². The first-order chi connectivity index (χ1) is 7.66. The Kier molecular flexibility index (Phi) is 2.85. The SMILES string of the molecule is Fc1cc(NCc2ccco2)cc(F)c1F. The predicted molar refractivity (Wildman–Crippen MR) is 52.4 cm³/mol. The minimum absolute atomic E-state index is 0.160. The van der Waals surface area contributed by atoms with Crippen LogP contribution in [0.3, 0.4) is 0 Å². The molecule has 0 atom stereocenters. The van der Waals surface area contributed by atoms with Gasteiger partial charge in [-0.2, -0.15) is 0 Å². The zero-order chi connectivity index (χ0) is 11.5. The predicted octanol–water partition coefficient (Wildman–Crippen LogP) is 3.31. The lowest BCUT2D eigenvalue weighted by atomic mass is 10.3. The first-order valence-electron chi connectivity index (χ1n) is 4.57. The van der Waals surface area contributed by atoms with Gasteiger partial charge in [-0.05, 0) is 12.1 Å². The zero-order valence-corrected chi connectivity index (χ0v) is 8.14. The molecule has 1 aromatic heterocycles. The first-order valence-corrected chi connectivity index (χ1v) is 4.57. The molecule has 0 radical (unpaired) electrons. The van der Waals surface area contributed by atoms with Gasteiger partial charge in [0.25, 0.3) is 0 Å². The second kappa shape index (κ2) is 4.30. The first kappa shape index (κ1) is 10.6. The van der Waals surface area contributed by atoms with Gasteiger partial charge in [0.1, 0.15) is 5.76 Å². The van der Waals surface area contributed by atoms with Crippen molar-refractivity contribution in [2.24, 2.45) is 0 Å². The quantitative estimate of drug-likeness (QED) is 0.814. The number of rotatable bonds is 3. The molecule has 2 aromatic rings. The van der Waals surface area contributed by atoms with Crippen molar-refractivity contribution in [1.82, 2.24) is 0 Å². The summed E-state index contributed by atoms with van der Waals surface area (Å²) in [5, 5.41) is 2.72. The maximum Gasteiger partial charge on any atom is 0.194 e. The van der Waals surface area contributed by atoms with Crippen molar-refractivity contribution in [3.05, 3.63) is 53.7 Å². The molecule has 0 fully saturated rings. The van der Waals surface area contributed by atoms with Crippen LogP contribution in [0.5, 0.6) is 0 Å². The molecular formula is C11H8F3NO. The Labute approximate surface area is 89.7 Å². The Morgan fingerprint density at radius 1 is 1.12 bits per heavy atom. The lowest BCUT2D eigenvalue weighted by Gasteiger charge is -2.05. The molecular weight excluding hydrogens is 219 g/mol. The fraction of sp³-hybridized carbons (Fsp3) is 0.0909. The van der Waals surface area contributed by atoms with Gasteiger partial charge in [-0.15, -0.1) is 0 Å². The number of anilines is 1. The third kappa shape index (κ3) is 2.18. The van der Waals surface area contributed by atoms with Crippen LogP contribution in [-0.2, 0) is 6.54 Å². The average Bonchev–Trinajstić information content (AvgIpc) is 2.75. The highest BCUT2D eigenvalue weighted by molar-refractivity contribution is 5.44. The minimum atomic E-state index is -1.47. The second-order valence-corrected chi connectivity index (χ2v) is 3.19. The van der Waals surface area contributed by atoms with Crippen LogP contribution in [0.1, 0.15) is 5.76 Å². The van der Waals surface area contributed by atoms with Gasteiger partial charge in [0.2, 0.25) is 0 Å². The monoisotopic (exact) mass is 227 g/mol. The summed E-state index contributed by atoms with van der Waals surface area (Å²) in [5.74, 6) is -3.29. The van der Waals surface area contributed by atoms with Crippen molar-refractivity contribution in [3.8, 4) is 0 Å². The summed E-state index contributed by atoms with van der Waals surface area (Å²) in [6.45, 7) is 0.275. The molecule has 1 heterocycles. The van der Waals surface area contributed by atoms with Gasteiger partial charge < -0.3 is 9.73 Å². The Balaban J connectivity index is 2.10. The summed E-state index contributed by atoms with van der Waals surface area (Å²) in [7, 11) is 0. The zero-order valence-electron chi connectivity index (χ0n) is 8.14. The summed E-state index contributed by atoms with van der Waals surface area (Å²) < 4.78 is 43.3. The highest BCUT2D eigenvalue weighted by Crippen LogP contribution is 2.18. The van der Waals surface area contributed by atoms with Gasteiger partial charge in [0, 0.05) is 17.8 Å². The highest BCUT2D eigenvalue weighted by Gasteiger charge is 2.10. The summed E-state index contributed by atoms with van der Waals surface area (Å²) >= 11 is 0. The molecule has 1 N–H and O–H groups in total. The van der Waals surface area contributed by atoms with Crippen molar-refractivity contribution in [1.29, 1.82) is 0 Å². The third-order valence-corrected chi connectivity index (χ3v) is 2.03. The molecule has 0 aliphatic rings. The van der Waals surface area contributed by atoms with E-state index in [1.807, 2.05) is 0 Å². The maximum absolute atomic E-state index is 12.8. The van der Waals surface area contributed by atoms with Gasteiger partial charge in [-0.1, -0.05) is 0 Å². The van der Waals surface area contributed by atoms with Crippen LogP contribution in [0.2, 0.25) is 0 Å². The molecule has 5 heteroatoms. The van der Waals surface area contributed by atoms with Crippen LogP contribution in [0.15, 0.2) is 34.9 Å². The van der Waals surface area contributed by atoms with Crippen LogP contribution in [0.25, 0.3) is 0 Å². The topological polar surface area (TPSA) is 25.2 Å². The van der Waals surface area contributed by atoms with E-state index in [0.29, 0.717) is 5.76 Å². The van der Waals surface area contributed by atoms with E-state index in [1.165, 1.54) is 6.26 Å². The summed E-state index contributed by atoms with van der Waals surface area (Å²) in [4.78, 5) is 0. The molecule has 0 aliphatic carbocycles. The number of nitrogens with one attached hydrogen (secondary N) is 1. The van der Waals surface area contributed by atoms with Crippen molar-refractivity contribution >= 4 is 5.69 Å². The van der Waals surface area contributed by atoms with Crippen LogP contribution in [0, 0.1) is 17.5 Å². The Morgan fingerprint density at radius 2 is 1.81 bits per heavy atom. The normalized spacial score (nSPS) is 10.4. The Hall–Kier alpha value is -1.91. The van der Waals surface area contributed by atoms with E-state index in [0.717, 1.165) is 12.1 Å². The molecule has 1 aromatic carbocycles. The lowest BCUT2D eigenvalue weighted by Crippen LogP contribution is -2.01. The molecule has 0 unspecified atom stereocenters. The number of hydrogen-bond acceptors (Lipinski definition) is 2. The van der Waals surface area contributed by atoms with Crippen molar-refractivity contribution in [2.45, 2.75) is 6.54 Å². The molecule has 0 bridgehead atoms. The van der Waals surface area contributed by atoms with Crippen molar-refractivity contribution < 1.29 is 17.6 Å². The van der Waals surface area contributed by atoms with Gasteiger partial charge in [0.15, 0.2) is 17.5 Å². The number of hydrogen-bond donors (Lipinski definition) is 1. The fourth-order valence-electron chi connectivity index (χ4n) is 1.26.